The highest BCUT2D eigenvalue weighted by Gasteiger charge is 2.33. The lowest BCUT2D eigenvalue weighted by Crippen LogP contribution is -2.34. The van der Waals surface area contributed by atoms with Crippen LogP contribution in [0.1, 0.15) is 36.6 Å². The maximum absolute atomic E-state index is 12.7. The van der Waals surface area contributed by atoms with Gasteiger partial charge >= 0.3 is 0 Å². The van der Waals surface area contributed by atoms with Crippen LogP contribution < -0.4 is 20.9 Å². The fourth-order valence-corrected chi connectivity index (χ4v) is 3.20. The maximum Gasteiger partial charge on any atom is 0.226 e. The summed E-state index contributed by atoms with van der Waals surface area (Å²) in [6, 6.07) is 16.1. The zero-order chi connectivity index (χ0) is 18.5. The first-order valence-electron chi connectivity index (χ1n) is 9.11. The van der Waals surface area contributed by atoms with Gasteiger partial charge in [0.15, 0.2) is 0 Å². The van der Waals surface area contributed by atoms with E-state index in [9.17, 15) is 4.79 Å². The van der Waals surface area contributed by atoms with E-state index in [0.29, 0.717) is 13.1 Å². The van der Waals surface area contributed by atoms with E-state index in [-0.39, 0.29) is 24.0 Å². The molecule has 26 heavy (non-hydrogen) atoms. The molecule has 2 unspecified atom stereocenters. The summed E-state index contributed by atoms with van der Waals surface area (Å²) >= 11 is 0. The van der Waals surface area contributed by atoms with Crippen molar-refractivity contribution in [3.8, 4) is 5.75 Å². The molecule has 2 aromatic rings. The van der Waals surface area contributed by atoms with Crippen LogP contribution in [0.25, 0.3) is 0 Å². The quantitative estimate of drug-likeness (QED) is 0.747. The monoisotopic (exact) mass is 353 g/mol. The number of ether oxygens (including phenoxy) is 1. The first-order chi connectivity index (χ1) is 12.5. The summed E-state index contributed by atoms with van der Waals surface area (Å²) in [5, 5.41) is 3.06. The number of hydrogen-bond donors (Lipinski definition) is 3. The summed E-state index contributed by atoms with van der Waals surface area (Å²) in [5.41, 5.74) is 9.72. The number of rotatable bonds is 6. The lowest BCUT2D eigenvalue weighted by atomic mass is 9.93. The SMILES string of the molecule is Cc1cccc(C2NNCC2C(=O)NCc2ccc(OC(C)C)cc2)c1. The standard InChI is InChI=1S/C21H27N3O2/c1-14(2)26-18-9-7-16(8-10-18)12-22-21(25)19-13-23-24-20(19)17-6-4-5-15(3)11-17/h4-11,14,19-20,23-24H,12-13H2,1-3H3,(H,22,25). The van der Waals surface area contributed by atoms with E-state index in [4.69, 9.17) is 4.74 Å². The molecule has 3 rings (SSSR count). The highest BCUT2D eigenvalue weighted by molar-refractivity contribution is 5.80. The topological polar surface area (TPSA) is 62.4 Å². The van der Waals surface area contributed by atoms with E-state index >= 15 is 0 Å². The van der Waals surface area contributed by atoms with Crippen molar-refractivity contribution >= 4 is 5.91 Å². The molecule has 1 aliphatic rings. The molecule has 0 saturated carbocycles. The second-order valence-corrected chi connectivity index (χ2v) is 7.05. The maximum atomic E-state index is 12.7. The third-order valence-corrected chi connectivity index (χ3v) is 4.48. The van der Waals surface area contributed by atoms with E-state index in [1.807, 2.05) is 44.2 Å². The first-order valence-corrected chi connectivity index (χ1v) is 9.11. The summed E-state index contributed by atoms with van der Waals surface area (Å²) in [4.78, 5) is 12.7. The number of carbonyl (C=O) groups is 1. The van der Waals surface area contributed by atoms with Crippen molar-refractivity contribution in [2.45, 2.75) is 39.5 Å². The van der Waals surface area contributed by atoms with Crippen molar-refractivity contribution in [2.24, 2.45) is 5.92 Å². The number of nitrogens with one attached hydrogen (secondary N) is 3. The molecule has 1 heterocycles. The molecule has 0 bridgehead atoms. The summed E-state index contributed by atoms with van der Waals surface area (Å²) in [5.74, 6) is 0.760. The minimum Gasteiger partial charge on any atom is -0.491 e. The molecule has 0 aromatic heterocycles. The van der Waals surface area contributed by atoms with Gasteiger partial charge in [-0.05, 0) is 44.0 Å². The van der Waals surface area contributed by atoms with Crippen LogP contribution in [0.3, 0.4) is 0 Å². The van der Waals surface area contributed by atoms with Crippen LogP contribution in [0, 0.1) is 12.8 Å². The number of hydrazine groups is 1. The predicted octanol–water partition coefficient (Wildman–Crippen LogP) is 2.86. The molecule has 138 valence electrons. The largest absolute Gasteiger partial charge is 0.491 e. The second-order valence-electron chi connectivity index (χ2n) is 7.05. The molecular formula is C21H27N3O2. The normalized spacial score (nSPS) is 19.5. The Morgan fingerprint density at radius 1 is 1.23 bits per heavy atom. The molecule has 1 fully saturated rings. The van der Waals surface area contributed by atoms with E-state index < -0.39 is 0 Å². The third kappa shape index (κ3) is 4.62. The van der Waals surface area contributed by atoms with Crippen molar-refractivity contribution in [1.82, 2.24) is 16.2 Å². The van der Waals surface area contributed by atoms with Crippen LogP contribution in [0.2, 0.25) is 0 Å². The zero-order valence-corrected chi connectivity index (χ0v) is 15.6. The average molecular weight is 353 g/mol. The highest BCUT2D eigenvalue weighted by atomic mass is 16.5. The van der Waals surface area contributed by atoms with Crippen molar-refractivity contribution in [2.75, 3.05) is 6.54 Å². The van der Waals surface area contributed by atoms with Crippen molar-refractivity contribution < 1.29 is 9.53 Å². The van der Waals surface area contributed by atoms with Gasteiger partial charge in [-0.1, -0.05) is 42.0 Å². The van der Waals surface area contributed by atoms with Crippen molar-refractivity contribution in [1.29, 1.82) is 0 Å². The number of amides is 1. The number of benzene rings is 2. The minimum atomic E-state index is -0.139. The summed E-state index contributed by atoms with van der Waals surface area (Å²) in [6.07, 6.45) is 0.154. The smallest absolute Gasteiger partial charge is 0.226 e. The predicted molar refractivity (Wildman–Crippen MR) is 103 cm³/mol. The summed E-state index contributed by atoms with van der Waals surface area (Å²) < 4.78 is 5.64. The number of hydrogen-bond acceptors (Lipinski definition) is 4. The minimum absolute atomic E-state index is 0.0169. The van der Waals surface area contributed by atoms with Gasteiger partial charge in [0.2, 0.25) is 5.91 Å². The van der Waals surface area contributed by atoms with Gasteiger partial charge in [-0.3, -0.25) is 10.2 Å². The Hall–Kier alpha value is -2.37. The molecule has 2 aromatic carbocycles. The van der Waals surface area contributed by atoms with Gasteiger partial charge in [-0.25, -0.2) is 5.43 Å². The van der Waals surface area contributed by atoms with Crippen LogP contribution in [0.4, 0.5) is 0 Å². The molecule has 0 radical (unpaired) electrons. The van der Waals surface area contributed by atoms with Gasteiger partial charge in [-0.15, -0.1) is 0 Å². The molecule has 0 aliphatic carbocycles. The third-order valence-electron chi connectivity index (χ3n) is 4.48. The molecule has 1 saturated heterocycles. The van der Waals surface area contributed by atoms with Crippen LogP contribution >= 0.6 is 0 Å². The molecule has 5 heteroatoms. The summed E-state index contributed by atoms with van der Waals surface area (Å²) in [7, 11) is 0. The van der Waals surface area contributed by atoms with Gasteiger partial charge in [0.25, 0.3) is 0 Å². The van der Waals surface area contributed by atoms with E-state index in [0.717, 1.165) is 16.9 Å². The molecule has 0 spiro atoms. The fraction of sp³-hybridized carbons (Fsp3) is 0.381. The second kappa shape index (κ2) is 8.34. The highest BCUT2D eigenvalue weighted by Crippen LogP contribution is 2.25. The van der Waals surface area contributed by atoms with Gasteiger partial charge in [-0.2, -0.15) is 0 Å². The fourth-order valence-electron chi connectivity index (χ4n) is 3.20. The molecular weight excluding hydrogens is 326 g/mol. The van der Waals surface area contributed by atoms with Crippen LogP contribution in [0.15, 0.2) is 48.5 Å². The zero-order valence-electron chi connectivity index (χ0n) is 15.6. The van der Waals surface area contributed by atoms with Crippen LogP contribution in [-0.4, -0.2) is 18.6 Å². The van der Waals surface area contributed by atoms with Gasteiger partial charge in [0.1, 0.15) is 5.75 Å². The van der Waals surface area contributed by atoms with E-state index in [1.54, 1.807) is 0 Å². The lowest BCUT2D eigenvalue weighted by molar-refractivity contribution is -0.125. The Morgan fingerprint density at radius 2 is 2.00 bits per heavy atom. The average Bonchev–Trinajstić information content (AvgIpc) is 3.10. The van der Waals surface area contributed by atoms with Crippen molar-refractivity contribution in [3.05, 3.63) is 65.2 Å². The first kappa shape index (κ1) is 18.4. The van der Waals surface area contributed by atoms with Crippen LogP contribution in [-0.2, 0) is 11.3 Å². The van der Waals surface area contributed by atoms with Gasteiger partial charge in [0, 0.05) is 13.1 Å². The molecule has 1 aliphatic heterocycles. The number of aryl methyl sites for hydroxylation is 1. The van der Waals surface area contributed by atoms with E-state index in [1.165, 1.54) is 5.56 Å². The molecule has 3 N–H and O–H groups in total. The number of carbonyl (C=O) groups excluding carboxylic acids is 1. The van der Waals surface area contributed by atoms with Crippen molar-refractivity contribution in [3.63, 3.8) is 0 Å². The van der Waals surface area contributed by atoms with Gasteiger partial charge < -0.3 is 10.1 Å². The van der Waals surface area contributed by atoms with Crippen LogP contribution in [0.5, 0.6) is 5.75 Å². The molecule has 1 amide bonds. The Bertz CT molecular complexity index is 743. The summed E-state index contributed by atoms with van der Waals surface area (Å²) in [6.45, 7) is 7.20. The van der Waals surface area contributed by atoms with Gasteiger partial charge in [0.05, 0.1) is 18.1 Å². The Labute approximate surface area is 155 Å². The Kier molecular flexibility index (Phi) is 5.91. The Balaban J connectivity index is 1.59. The molecule has 5 nitrogen and oxygen atoms in total. The van der Waals surface area contributed by atoms with E-state index in [2.05, 4.69) is 41.3 Å². The Morgan fingerprint density at radius 3 is 2.69 bits per heavy atom. The lowest BCUT2D eigenvalue weighted by Gasteiger charge is -2.19. The molecule has 2 atom stereocenters.